The maximum absolute atomic E-state index is 2.46. The number of rotatable bonds is 2. The molecule has 0 saturated heterocycles. The predicted molar refractivity (Wildman–Crippen MR) is 82.6 cm³/mol. The van der Waals surface area contributed by atoms with Gasteiger partial charge >= 0.3 is 0 Å². The van der Waals surface area contributed by atoms with Crippen LogP contribution in [0, 0.1) is 6.92 Å². The molecule has 2 aromatic carbocycles. The second-order valence-corrected chi connectivity index (χ2v) is 5.59. The van der Waals surface area contributed by atoms with Crippen molar-refractivity contribution < 1.29 is 0 Å². The van der Waals surface area contributed by atoms with E-state index in [1.165, 1.54) is 42.4 Å². The van der Waals surface area contributed by atoms with E-state index >= 15 is 0 Å². The van der Waals surface area contributed by atoms with Gasteiger partial charge in [0.25, 0.3) is 0 Å². The van der Waals surface area contributed by atoms with Crippen LogP contribution in [-0.2, 0) is 19.3 Å². The molecule has 0 amide bonds. The van der Waals surface area contributed by atoms with Gasteiger partial charge < -0.3 is 0 Å². The normalized spacial score (nSPS) is 14.2. The summed E-state index contributed by atoms with van der Waals surface area (Å²) < 4.78 is 0. The van der Waals surface area contributed by atoms with Crippen LogP contribution in [0.4, 0.5) is 0 Å². The summed E-state index contributed by atoms with van der Waals surface area (Å²) in [7, 11) is 0. The van der Waals surface area contributed by atoms with Gasteiger partial charge in [-0.1, -0.05) is 43.3 Å². The van der Waals surface area contributed by atoms with Crippen molar-refractivity contribution in [2.75, 3.05) is 0 Å². The van der Waals surface area contributed by atoms with Crippen molar-refractivity contribution in [2.45, 2.75) is 46.0 Å². The minimum atomic E-state index is 1.16. The topological polar surface area (TPSA) is 0 Å². The van der Waals surface area contributed by atoms with Gasteiger partial charge in [0.1, 0.15) is 0 Å². The van der Waals surface area contributed by atoms with E-state index in [0.29, 0.717) is 0 Å². The molecule has 0 fully saturated rings. The van der Waals surface area contributed by atoms with Gasteiger partial charge in [-0.05, 0) is 72.4 Å². The highest BCUT2D eigenvalue weighted by Crippen LogP contribution is 2.34. The Morgan fingerprint density at radius 1 is 1.00 bits per heavy atom. The summed E-state index contributed by atoms with van der Waals surface area (Å²) in [5, 5.41) is 0. The van der Waals surface area contributed by atoms with Gasteiger partial charge in [0.2, 0.25) is 0 Å². The fourth-order valence-corrected chi connectivity index (χ4v) is 3.50. The summed E-state index contributed by atoms with van der Waals surface area (Å²) >= 11 is 0. The van der Waals surface area contributed by atoms with Crippen LogP contribution in [0.25, 0.3) is 11.1 Å². The standard InChI is InChI=1S/C19H22/c1-3-17-14(2)19(15-9-5-4-6-10-15)13-16-11-7-8-12-18(16)17/h4-6,9-10,13H,3,7-8,11-12H2,1-2H3. The van der Waals surface area contributed by atoms with Crippen LogP contribution >= 0.6 is 0 Å². The second kappa shape index (κ2) is 5.21. The number of fused-ring (bicyclic) bond motifs is 1. The lowest BCUT2D eigenvalue weighted by Gasteiger charge is -2.23. The molecular formula is C19H22. The summed E-state index contributed by atoms with van der Waals surface area (Å²) in [6, 6.07) is 13.3. The Morgan fingerprint density at radius 2 is 1.74 bits per heavy atom. The van der Waals surface area contributed by atoms with E-state index in [0.717, 1.165) is 6.42 Å². The number of aryl methyl sites for hydroxylation is 1. The molecule has 1 aliphatic rings. The van der Waals surface area contributed by atoms with Crippen LogP contribution in [0.5, 0.6) is 0 Å². The van der Waals surface area contributed by atoms with Crippen molar-refractivity contribution in [1.29, 1.82) is 0 Å². The van der Waals surface area contributed by atoms with E-state index in [1.54, 1.807) is 16.7 Å². The average Bonchev–Trinajstić information content (AvgIpc) is 2.47. The summed E-state index contributed by atoms with van der Waals surface area (Å²) in [5.74, 6) is 0. The molecule has 0 aliphatic heterocycles. The molecule has 19 heavy (non-hydrogen) atoms. The molecular weight excluding hydrogens is 228 g/mol. The minimum absolute atomic E-state index is 1.16. The molecule has 0 unspecified atom stereocenters. The Hall–Kier alpha value is -1.56. The zero-order chi connectivity index (χ0) is 13.2. The predicted octanol–water partition coefficient (Wildman–Crippen LogP) is 5.10. The molecule has 0 heteroatoms. The number of hydrogen-bond donors (Lipinski definition) is 0. The molecule has 0 heterocycles. The van der Waals surface area contributed by atoms with E-state index in [2.05, 4.69) is 50.2 Å². The highest BCUT2D eigenvalue weighted by atomic mass is 14.2. The molecule has 0 aromatic heterocycles. The van der Waals surface area contributed by atoms with Gasteiger partial charge in [0.15, 0.2) is 0 Å². The third-order valence-electron chi connectivity index (χ3n) is 4.49. The lowest BCUT2D eigenvalue weighted by Crippen LogP contribution is -2.09. The van der Waals surface area contributed by atoms with Gasteiger partial charge in [-0.2, -0.15) is 0 Å². The van der Waals surface area contributed by atoms with Crippen LogP contribution in [0.3, 0.4) is 0 Å². The summed E-state index contributed by atoms with van der Waals surface area (Å²) in [4.78, 5) is 0. The maximum atomic E-state index is 2.46. The Balaban J connectivity index is 2.21. The molecule has 0 radical (unpaired) electrons. The third kappa shape index (κ3) is 2.20. The average molecular weight is 250 g/mol. The largest absolute Gasteiger partial charge is 0.0622 e. The summed E-state index contributed by atoms with van der Waals surface area (Å²) in [5.41, 5.74) is 9.17. The van der Waals surface area contributed by atoms with Crippen LogP contribution < -0.4 is 0 Å². The molecule has 0 spiro atoms. The molecule has 0 N–H and O–H groups in total. The highest BCUT2D eigenvalue weighted by molar-refractivity contribution is 5.71. The molecule has 0 nitrogen and oxygen atoms in total. The van der Waals surface area contributed by atoms with Crippen LogP contribution in [0.15, 0.2) is 36.4 Å². The van der Waals surface area contributed by atoms with Crippen molar-refractivity contribution >= 4 is 0 Å². The Morgan fingerprint density at radius 3 is 2.47 bits per heavy atom. The van der Waals surface area contributed by atoms with Crippen molar-refractivity contribution in [1.82, 2.24) is 0 Å². The van der Waals surface area contributed by atoms with E-state index < -0.39 is 0 Å². The van der Waals surface area contributed by atoms with E-state index in [1.807, 2.05) is 0 Å². The highest BCUT2D eigenvalue weighted by Gasteiger charge is 2.17. The lowest BCUT2D eigenvalue weighted by molar-refractivity contribution is 0.678. The summed E-state index contributed by atoms with van der Waals surface area (Å²) in [6.07, 6.45) is 6.43. The van der Waals surface area contributed by atoms with Crippen molar-refractivity contribution in [3.8, 4) is 11.1 Å². The van der Waals surface area contributed by atoms with Gasteiger partial charge in [-0.25, -0.2) is 0 Å². The van der Waals surface area contributed by atoms with E-state index in [-0.39, 0.29) is 0 Å². The zero-order valence-electron chi connectivity index (χ0n) is 12.0. The molecule has 3 rings (SSSR count). The first-order valence-corrected chi connectivity index (χ1v) is 7.51. The molecule has 2 aromatic rings. The number of hydrogen-bond acceptors (Lipinski definition) is 0. The zero-order valence-corrected chi connectivity index (χ0v) is 12.0. The minimum Gasteiger partial charge on any atom is -0.0622 e. The smallest absolute Gasteiger partial charge is 0.0149 e. The first-order valence-electron chi connectivity index (χ1n) is 7.51. The first kappa shape index (κ1) is 12.5. The fourth-order valence-electron chi connectivity index (χ4n) is 3.50. The van der Waals surface area contributed by atoms with Gasteiger partial charge in [-0.3, -0.25) is 0 Å². The summed E-state index contributed by atoms with van der Waals surface area (Å²) in [6.45, 7) is 4.60. The van der Waals surface area contributed by atoms with Crippen molar-refractivity contribution in [2.24, 2.45) is 0 Å². The van der Waals surface area contributed by atoms with Crippen molar-refractivity contribution in [3.63, 3.8) is 0 Å². The van der Waals surface area contributed by atoms with Gasteiger partial charge in [-0.15, -0.1) is 0 Å². The SMILES string of the molecule is CCc1c(C)c(-c2ccccc2)cc2c1CCCC2. The van der Waals surface area contributed by atoms with Crippen molar-refractivity contribution in [3.05, 3.63) is 58.7 Å². The Labute approximate surface area is 116 Å². The monoisotopic (exact) mass is 250 g/mol. The Kier molecular flexibility index (Phi) is 3.42. The first-order chi connectivity index (χ1) is 9.31. The number of benzene rings is 2. The fraction of sp³-hybridized carbons (Fsp3) is 0.368. The van der Waals surface area contributed by atoms with Gasteiger partial charge in [0.05, 0.1) is 0 Å². The van der Waals surface area contributed by atoms with Crippen LogP contribution in [0.1, 0.15) is 42.0 Å². The third-order valence-corrected chi connectivity index (χ3v) is 4.49. The molecule has 0 atom stereocenters. The van der Waals surface area contributed by atoms with E-state index in [4.69, 9.17) is 0 Å². The Bertz CT molecular complexity index is 579. The lowest BCUT2D eigenvalue weighted by atomic mass is 9.82. The van der Waals surface area contributed by atoms with Crippen LogP contribution in [-0.4, -0.2) is 0 Å². The van der Waals surface area contributed by atoms with Gasteiger partial charge in [0, 0.05) is 0 Å². The second-order valence-electron chi connectivity index (χ2n) is 5.59. The molecule has 0 saturated carbocycles. The van der Waals surface area contributed by atoms with E-state index in [9.17, 15) is 0 Å². The van der Waals surface area contributed by atoms with Crippen LogP contribution in [0.2, 0.25) is 0 Å². The maximum Gasteiger partial charge on any atom is -0.0149 e. The molecule has 0 bridgehead atoms. The molecule has 98 valence electrons. The molecule has 1 aliphatic carbocycles. The quantitative estimate of drug-likeness (QED) is 0.695.